The summed E-state index contributed by atoms with van der Waals surface area (Å²) >= 11 is 0. The van der Waals surface area contributed by atoms with Crippen molar-refractivity contribution in [1.29, 1.82) is 0 Å². The van der Waals surface area contributed by atoms with Gasteiger partial charge in [-0.3, -0.25) is 4.79 Å². The van der Waals surface area contributed by atoms with Crippen molar-refractivity contribution in [2.75, 3.05) is 20.3 Å². The molecule has 2 fully saturated rings. The molecule has 0 spiro atoms. The van der Waals surface area contributed by atoms with Crippen molar-refractivity contribution in [3.05, 3.63) is 0 Å². The zero-order valence-corrected chi connectivity index (χ0v) is 14.0. The van der Waals surface area contributed by atoms with Crippen LogP contribution in [-0.4, -0.2) is 77.8 Å². The van der Waals surface area contributed by atoms with Gasteiger partial charge in [0.1, 0.15) is 24.4 Å². The summed E-state index contributed by atoms with van der Waals surface area (Å²) in [6.07, 6.45) is -2.36. The zero-order chi connectivity index (χ0) is 17.4. The van der Waals surface area contributed by atoms with E-state index < -0.39 is 24.3 Å². The number of likely N-dealkylation sites (tertiary alicyclic amines) is 1. The largest absolute Gasteiger partial charge is 0.465 e. The molecule has 2 heterocycles. The Hall–Kier alpha value is -1.38. The van der Waals surface area contributed by atoms with Crippen molar-refractivity contribution < 1.29 is 29.3 Å². The van der Waals surface area contributed by atoms with E-state index in [2.05, 4.69) is 5.32 Å². The third kappa shape index (κ3) is 3.94. The molecule has 2 amide bonds. The second-order valence-corrected chi connectivity index (χ2v) is 7.39. The molecule has 3 N–H and O–H groups in total. The summed E-state index contributed by atoms with van der Waals surface area (Å²) in [7, 11) is 1.53. The standard InChI is InChI=1S/C15H26N2O6/c1-15(2,3)5-8(16-14(20)21)13(19)17-6-10(22-4)12-11(17)9(18)7-23-12/h8-12,16,18H,5-7H2,1-4H3,(H,20,21)/t8-,9-,10+,11+,12+/m0/s1. The number of nitrogens with zero attached hydrogens (tertiary/aromatic N) is 1. The van der Waals surface area contributed by atoms with Crippen molar-refractivity contribution in [1.82, 2.24) is 10.2 Å². The van der Waals surface area contributed by atoms with Gasteiger partial charge in [0.25, 0.3) is 0 Å². The highest BCUT2D eigenvalue weighted by Crippen LogP contribution is 2.32. The Labute approximate surface area is 135 Å². The predicted octanol–water partition coefficient (Wildman–Crippen LogP) is 0.0443. The van der Waals surface area contributed by atoms with Crippen LogP contribution in [0, 0.1) is 5.41 Å². The van der Waals surface area contributed by atoms with Crippen LogP contribution in [0.4, 0.5) is 4.79 Å². The van der Waals surface area contributed by atoms with Crippen LogP contribution in [0.1, 0.15) is 27.2 Å². The molecule has 0 aromatic rings. The maximum Gasteiger partial charge on any atom is 0.405 e. The van der Waals surface area contributed by atoms with Crippen molar-refractivity contribution in [3.8, 4) is 0 Å². The Bertz CT molecular complexity index is 463. The molecule has 0 aromatic carbocycles. The van der Waals surface area contributed by atoms with E-state index in [1.807, 2.05) is 20.8 Å². The van der Waals surface area contributed by atoms with E-state index in [1.54, 1.807) is 0 Å². The first-order chi connectivity index (χ1) is 10.6. The molecule has 2 rings (SSSR count). The van der Waals surface area contributed by atoms with Gasteiger partial charge < -0.3 is 29.9 Å². The van der Waals surface area contributed by atoms with Crippen LogP contribution < -0.4 is 5.32 Å². The number of aliphatic hydroxyl groups excluding tert-OH is 1. The number of hydrogen-bond acceptors (Lipinski definition) is 5. The van der Waals surface area contributed by atoms with Crippen LogP contribution >= 0.6 is 0 Å². The molecule has 8 nitrogen and oxygen atoms in total. The average molecular weight is 330 g/mol. The van der Waals surface area contributed by atoms with Crippen LogP contribution in [0.5, 0.6) is 0 Å². The number of carbonyl (C=O) groups excluding carboxylic acids is 1. The summed E-state index contributed by atoms with van der Waals surface area (Å²) in [5.74, 6) is -0.346. The Morgan fingerprint density at radius 2 is 2.09 bits per heavy atom. The first-order valence-corrected chi connectivity index (χ1v) is 7.76. The molecule has 2 aliphatic rings. The first kappa shape index (κ1) is 18.0. The number of methoxy groups -OCH3 is 1. The number of carboxylic acid groups (broad SMARTS) is 1. The van der Waals surface area contributed by atoms with Crippen molar-refractivity contribution >= 4 is 12.0 Å². The lowest BCUT2D eigenvalue weighted by molar-refractivity contribution is -0.136. The minimum Gasteiger partial charge on any atom is -0.465 e. The van der Waals surface area contributed by atoms with Gasteiger partial charge in [-0.25, -0.2) is 4.79 Å². The molecular weight excluding hydrogens is 304 g/mol. The van der Waals surface area contributed by atoms with Gasteiger partial charge in [0.15, 0.2) is 0 Å². The van der Waals surface area contributed by atoms with Gasteiger partial charge in [-0.2, -0.15) is 0 Å². The highest BCUT2D eigenvalue weighted by Gasteiger charge is 2.53. The van der Waals surface area contributed by atoms with Crippen LogP contribution in [-0.2, 0) is 14.3 Å². The van der Waals surface area contributed by atoms with Gasteiger partial charge in [0.05, 0.1) is 19.2 Å². The number of amides is 2. The fraction of sp³-hybridized carbons (Fsp3) is 0.867. The lowest BCUT2D eigenvalue weighted by atomic mass is 9.87. The third-order valence-electron chi connectivity index (χ3n) is 4.29. The normalized spacial score (nSPS) is 31.8. The zero-order valence-electron chi connectivity index (χ0n) is 14.0. The number of rotatable bonds is 4. The van der Waals surface area contributed by atoms with Crippen molar-refractivity contribution in [3.63, 3.8) is 0 Å². The average Bonchev–Trinajstić information content (AvgIpc) is 2.96. The van der Waals surface area contributed by atoms with Crippen LogP contribution in [0.25, 0.3) is 0 Å². The molecule has 0 aromatic heterocycles. The smallest absolute Gasteiger partial charge is 0.405 e. The van der Waals surface area contributed by atoms with E-state index in [0.29, 0.717) is 6.42 Å². The Morgan fingerprint density at radius 1 is 1.43 bits per heavy atom. The quantitative estimate of drug-likeness (QED) is 0.672. The molecule has 2 aliphatic heterocycles. The Kier molecular flexibility index (Phi) is 5.17. The van der Waals surface area contributed by atoms with Gasteiger partial charge >= 0.3 is 6.09 Å². The van der Waals surface area contributed by atoms with E-state index >= 15 is 0 Å². The Morgan fingerprint density at radius 3 is 2.61 bits per heavy atom. The molecule has 23 heavy (non-hydrogen) atoms. The predicted molar refractivity (Wildman–Crippen MR) is 81.1 cm³/mol. The first-order valence-electron chi connectivity index (χ1n) is 7.76. The lowest BCUT2D eigenvalue weighted by Crippen LogP contribution is -2.53. The Balaban J connectivity index is 2.19. The highest BCUT2D eigenvalue weighted by atomic mass is 16.6. The molecular formula is C15H26N2O6. The van der Waals surface area contributed by atoms with Crippen molar-refractivity contribution in [2.45, 2.75) is 57.6 Å². The van der Waals surface area contributed by atoms with Gasteiger partial charge in [0, 0.05) is 7.11 Å². The fourth-order valence-corrected chi connectivity index (χ4v) is 3.36. The third-order valence-corrected chi connectivity index (χ3v) is 4.29. The summed E-state index contributed by atoms with van der Waals surface area (Å²) in [4.78, 5) is 25.4. The van der Waals surface area contributed by atoms with E-state index in [4.69, 9.17) is 14.6 Å². The lowest BCUT2D eigenvalue weighted by Gasteiger charge is -2.31. The summed E-state index contributed by atoms with van der Waals surface area (Å²) in [6, 6.07) is -1.36. The summed E-state index contributed by atoms with van der Waals surface area (Å²) < 4.78 is 10.9. The summed E-state index contributed by atoms with van der Waals surface area (Å²) in [5, 5.41) is 21.4. The SMILES string of the molecule is CO[C@@H]1CN(C(=O)[C@H](CC(C)(C)C)NC(=O)O)[C@H]2[C@@H]1OC[C@@H]2O. The topological polar surface area (TPSA) is 108 Å². The number of carbonyl (C=O) groups is 2. The molecule has 2 saturated heterocycles. The van der Waals surface area contributed by atoms with E-state index in [-0.39, 0.29) is 36.7 Å². The monoisotopic (exact) mass is 330 g/mol. The van der Waals surface area contributed by atoms with E-state index in [0.717, 1.165) is 0 Å². The molecule has 0 bridgehead atoms. The second-order valence-electron chi connectivity index (χ2n) is 7.39. The maximum atomic E-state index is 12.9. The number of fused-ring (bicyclic) bond motifs is 1. The van der Waals surface area contributed by atoms with Crippen LogP contribution in [0.15, 0.2) is 0 Å². The van der Waals surface area contributed by atoms with E-state index in [9.17, 15) is 14.7 Å². The van der Waals surface area contributed by atoms with Gasteiger partial charge in [-0.05, 0) is 11.8 Å². The number of nitrogens with one attached hydrogen (secondary N) is 1. The number of aliphatic hydroxyl groups is 1. The minimum absolute atomic E-state index is 0.148. The maximum absolute atomic E-state index is 12.9. The van der Waals surface area contributed by atoms with E-state index in [1.165, 1.54) is 12.0 Å². The number of hydrogen-bond donors (Lipinski definition) is 3. The molecule has 0 aliphatic carbocycles. The molecule has 5 atom stereocenters. The van der Waals surface area contributed by atoms with Crippen LogP contribution in [0.3, 0.4) is 0 Å². The molecule has 0 saturated carbocycles. The van der Waals surface area contributed by atoms with Crippen molar-refractivity contribution in [2.24, 2.45) is 5.41 Å². The van der Waals surface area contributed by atoms with Crippen LogP contribution in [0.2, 0.25) is 0 Å². The highest BCUT2D eigenvalue weighted by molar-refractivity contribution is 5.86. The van der Waals surface area contributed by atoms with Gasteiger partial charge in [0.2, 0.25) is 5.91 Å². The summed E-state index contributed by atoms with van der Waals surface area (Å²) in [5.41, 5.74) is -0.229. The molecule has 8 heteroatoms. The minimum atomic E-state index is -1.24. The van der Waals surface area contributed by atoms with Gasteiger partial charge in [-0.15, -0.1) is 0 Å². The fourth-order valence-electron chi connectivity index (χ4n) is 3.36. The molecule has 0 unspecified atom stereocenters. The van der Waals surface area contributed by atoms with Gasteiger partial charge in [-0.1, -0.05) is 20.8 Å². The summed E-state index contributed by atoms with van der Waals surface area (Å²) in [6.45, 7) is 6.25. The molecule has 132 valence electrons. The molecule has 0 radical (unpaired) electrons. The number of ether oxygens (including phenoxy) is 2. The second kappa shape index (κ2) is 6.62.